The molecule has 0 amide bonds. The highest BCUT2D eigenvalue weighted by atomic mass is 79.9. The molecular weight excluding hydrogens is 282 g/mol. The number of nitrogens with one attached hydrogen (secondary N) is 1. The maximum absolute atomic E-state index is 3.71. The summed E-state index contributed by atoms with van der Waals surface area (Å²) in [5.74, 6) is 1.74. The quantitative estimate of drug-likeness (QED) is 0.843. The minimum absolute atomic E-state index is 0.572. The standard InChI is InChI=1S/C13H20BrNS/c1-4-5-15-12(10-6-8(10)2)13-11(14)7-9(3)16-13/h7-8,10,12,15H,4-6H2,1-3H3. The van der Waals surface area contributed by atoms with E-state index in [-0.39, 0.29) is 0 Å². The van der Waals surface area contributed by atoms with Crippen LogP contribution in [0, 0.1) is 18.8 Å². The van der Waals surface area contributed by atoms with Crippen LogP contribution < -0.4 is 5.32 Å². The van der Waals surface area contributed by atoms with E-state index in [0.29, 0.717) is 6.04 Å². The van der Waals surface area contributed by atoms with Crippen molar-refractivity contribution in [3.63, 3.8) is 0 Å². The SMILES string of the molecule is CCCNC(c1sc(C)cc1Br)C1CC1C. The van der Waals surface area contributed by atoms with Crippen LogP contribution in [0.5, 0.6) is 0 Å². The molecule has 0 aliphatic heterocycles. The van der Waals surface area contributed by atoms with Crippen LogP contribution in [0.1, 0.15) is 42.5 Å². The van der Waals surface area contributed by atoms with Crippen LogP contribution in [0.3, 0.4) is 0 Å². The Bertz CT molecular complexity index is 361. The molecule has 2 rings (SSSR count). The molecule has 16 heavy (non-hydrogen) atoms. The van der Waals surface area contributed by atoms with E-state index in [1.807, 2.05) is 11.3 Å². The first-order valence-corrected chi connectivity index (χ1v) is 7.73. The molecule has 0 aromatic carbocycles. The van der Waals surface area contributed by atoms with Crippen molar-refractivity contribution in [1.29, 1.82) is 0 Å². The van der Waals surface area contributed by atoms with Crippen molar-refractivity contribution in [2.75, 3.05) is 6.54 Å². The summed E-state index contributed by atoms with van der Waals surface area (Å²) < 4.78 is 1.29. The third-order valence-corrected chi connectivity index (χ3v) is 5.39. The highest BCUT2D eigenvalue weighted by Gasteiger charge is 2.41. The number of halogens is 1. The Hall–Kier alpha value is 0.140. The molecule has 1 aromatic heterocycles. The van der Waals surface area contributed by atoms with Crippen LogP contribution in [-0.2, 0) is 0 Å². The van der Waals surface area contributed by atoms with E-state index < -0.39 is 0 Å². The van der Waals surface area contributed by atoms with E-state index in [4.69, 9.17) is 0 Å². The zero-order valence-corrected chi connectivity index (χ0v) is 12.6. The van der Waals surface area contributed by atoms with Gasteiger partial charge >= 0.3 is 0 Å². The fraction of sp³-hybridized carbons (Fsp3) is 0.692. The predicted molar refractivity (Wildman–Crippen MR) is 75.1 cm³/mol. The van der Waals surface area contributed by atoms with Gasteiger partial charge in [0.05, 0.1) is 0 Å². The van der Waals surface area contributed by atoms with Crippen molar-refractivity contribution in [3.05, 3.63) is 20.3 Å². The van der Waals surface area contributed by atoms with Crippen LogP contribution in [0.2, 0.25) is 0 Å². The lowest BCUT2D eigenvalue weighted by atomic mass is 10.1. The summed E-state index contributed by atoms with van der Waals surface area (Å²) in [6.45, 7) is 7.90. The van der Waals surface area contributed by atoms with Gasteiger partial charge in [0.25, 0.3) is 0 Å². The van der Waals surface area contributed by atoms with Gasteiger partial charge < -0.3 is 5.32 Å². The lowest BCUT2D eigenvalue weighted by Crippen LogP contribution is -2.23. The number of hydrogen-bond donors (Lipinski definition) is 1. The molecule has 0 bridgehead atoms. The maximum atomic E-state index is 3.71. The second kappa shape index (κ2) is 5.19. The summed E-state index contributed by atoms with van der Waals surface area (Å²) in [4.78, 5) is 2.90. The Labute approximate surface area is 111 Å². The third-order valence-electron chi connectivity index (χ3n) is 3.33. The molecule has 3 heteroatoms. The van der Waals surface area contributed by atoms with Gasteiger partial charge in [-0.05, 0) is 60.1 Å². The Kier molecular flexibility index (Phi) is 4.09. The molecule has 3 atom stereocenters. The summed E-state index contributed by atoms with van der Waals surface area (Å²) in [6.07, 6.45) is 2.59. The van der Waals surface area contributed by atoms with E-state index in [1.165, 1.54) is 27.1 Å². The highest BCUT2D eigenvalue weighted by Crippen LogP contribution is 2.49. The average molecular weight is 302 g/mol. The molecule has 3 unspecified atom stereocenters. The minimum Gasteiger partial charge on any atom is -0.309 e. The number of aryl methyl sites for hydroxylation is 1. The maximum Gasteiger partial charge on any atom is 0.0457 e. The van der Waals surface area contributed by atoms with Gasteiger partial charge in [-0.25, -0.2) is 0 Å². The normalized spacial score (nSPS) is 25.8. The van der Waals surface area contributed by atoms with E-state index >= 15 is 0 Å². The summed E-state index contributed by atoms with van der Waals surface area (Å²) in [5, 5.41) is 3.71. The largest absolute Gasteiger partial charge is 0.309 e. The van der Waals surface area contributed by atoms with Crippen LogP contribution in [0.25, 0.3) is 0 Å². The van der Waals surface area contributed by atoms with Gasteiger partial charge in [-0.15, -0.1) is 11.3 Å². The molecule has 1 aliphatic rings. The third kappa shape index (κ3) is 2.69. The van der Waals surface area contributed by atoms with Crippen molar-refractivity contribution in [2.45, 2.75) is 39.7 Å². The smallest absolute Gasteiger partial charge is 0.0457 e. The van der Waals surface area contributed by atoms with Crippen molar-refractivity contribution in [3.8, 4) is 0 Å². The van der Waals surface area contributed by atoms with Crippen LogP contribution >= 0.6 is 27.3 Å². The summed E-state index contributed by atoms with van der Waals surface area (Å²) in [6, 6.07) is 2.82. The van der Waals surface area contributed by atoms with E-state index in [0.717, 1.165) is 18.4 Å². The zero-order valence-electron chi connectivity index (χ0n) is 10.2. The topological polar surface area (TPSA) is 12.0 Å². The fourth-order valence-electron chi connectivity index (χ4n) is 2.27. The zero-order chi connectivity index (χ0) is 11.7. The van der Waals surface area contributed by atoms with Gasteiger partial charge in [-0.1, -0.05) is 13.8 Å². The van der Waals surface area contributed by atoms with Crippen LogP contribution in [-0.4, -0.2) is 6.54 Å². The first-order chi connectivity index (χ1) is 7.63. The van der Waals surface area contributed by atoms with Crippen LogP contribution in [0.15, 0.2) is 10.5 Å². The highest BCUT2D eigenvalue weighted by molar-refractivity contribution is 9.10. The lowest BCUT2D eigenvalue weighted by molar-refractivity contribution is 0.468. The number of hydrogen-bond acceptors (Lipinski definition) is 2. The number of rotatable bonds is 5. The summed E-state index contributed by atoms with van der Waals surface area (Å²) in [7, 11) is 0. The molecule has 1 aromatic rings. The van der Waals surface area contributed by atoms with Gasteiger partial charge in [0, 0.05) is 20.3 Å². The van der Waals surface area contributed by atoms with Crippen molar-refractivity contribution in [1.82, 2.24) is 5.32 Å². The molecular formula is C13H20BrNS. The monoisotopic (exact) mass is 301 g/mol. The molecule has 1 saturated carbocycles. The van der Waals surface area contributed by atoms with Gasteiger partial charge in [-0.2, -0.15) is 0 Å². The molecule has 1 aliphatic carbocycles. The first kappa shape index (κ1) is 12.6. The Morgan fingerprint density at radius 3 is 2.75 bits per heavy atom. The van der Waals surface area contributed by atoms with Gasteiger partial charge in [0.15, 0.2) is 0 Å². The molecule has 0 radical (unpaired) electrons. The molecule has 90 valence electrons. The molecule has 1 heterocycles. The van der Waals surface area contributed by atoms with Gasteiger partial charge in [0.1, 0.15) is 0 Å². The first-order valence-electron chi connectivity index (χ1n) is 6.12. The van der Waals surface area contributed by atoms with E-state index in [2.05, 4.69) is 48.1 Å². The Morgan fingerprint density at radius 2 is 2.31 bits per heavy atom. The van der Waals surface area contributed by atoms with Gasteiger partial charge in [0.2, 0.25) is 0 Å². The summed E-state index contributed by atoms with van der Waals surface area (Å²) in [5.41, 5.74) is 0. The second-order valence-electron chi connectivity index (χ2n) is 4.88. The second-order valence-corrected chi connectivity index (χ2v) is 7.02. The average Bonchev–Trinajstić information content (AvgIpc) is 2.84. The predicted octanol–water partition coefficient (Wildman–Crippen LogP) is 4.52. The molecule has 1 nitrogen and oxygen atoms in total. The van der Waals surface area contributed by atoms with E-state index in [9.17, 15) is 0 Å². The Morgan fingerprint density at radius 1 is 1.62 bits per heavy atom. The number of thiophene rings is 1. The van der Waals surface area contributed by atoms with Crippen molar-refractivity contribution >= 4 is 27.3 Å². The van der Waals surface area contributed by atoms with Crippen LogP contribution in [0.4, 0.5) is 0 Å². The minimum atomic E-state index is 0.572. The summed E-state index contributed by atoms with van der Waals surface area (Å²) >= 11 is 5.63. The van der Waals surface area contributed by atoms with Crippen molar-refractivity contribution < 1.29 is 0 Å². The Balaban J connectivity index is 2.14. The van der Waals surface area contributed by atoms with Crippen molar-refractivity contribution in [2.24, 2.45) is 11.8 Å². The lowest BCUT2D eigenvalue weighted by Gasteiger charge is -2.17. The molecule has 1 fully saturated rings. The fourth-order valence-corrected chi connectivity index (χ4v) is 4.32. The molecule has 0 saturated heterocycles. The van der Waals surface area contributed by atoms with Gasteiger partial charge in [-0.3, -0.25) is 0 Å². The molecule has 1 N–H and O–H groups in total. The molecule has 0 spiro atoms. The van der Waals surface area contributed by atoms with E-state index in [1.54, 1.807) is 0 Å².